The van der Waals surface area contributed by atoms with Gasteiger partial charge in [-0.1, -0.05) is 18.7 Å². The van der Waals surface area contributed by atoms with E-state index in [0.717, 1.165) is 41.6 Å². The number of hydrogen-bond acceptors (Lipinski definition) is 5. The lowest BCUT2D eigenvalue weighted by Gasteiger charge is -2.32. The molecule has 21 heavy (non-hydrogen) atoms. The van der Waals surface area contributed by atoms with Crippen LogP contribution in [-0.4, -0.2) is 39.0 Å². The highest BCUT2D eigenvalue weighted by molar-refractivity contribution is 7.99. The van der Waals surface area contributed by atoms with E-state index in [4.69, 9.17) is 0 Å². The third-order valence-electron chi connectivity index (χ3n) is 4.06. The molecule has 0 radical (unpaired) electrons. The molecule has 1 atom stereocenters. The number of thioether (sulfide) groups is 1. The average Bonchev–Trinajstić information content (AvgIpc) is 3.25. The summed E-state index contributed by atoms with van der Waals surface area (Å²) in [5.74, 6) is 0.997. The lowest BCUT2D eigenvalue weighted by Crippen LogP contribution is -2.49. The maximum atomic E-state index is 9.75. The first-order chi connectivity index (χ1) is 10.1. The summed E-state index contributed by atoms with van der Waals surface area (Å²) >= 11 is 1.71. The second-order valence-electron chi connectivity index (χ2n) is 6.10. The molecule has 1 saturated carbocycles. The van der Waals surface area contributed by atoms with Crippen LogP contribution in [0.5, 0.6) is 0 Å². The normalized spacial score (nSPS) is 17.7. The van der Waals surface area contributed by atoms with E-state index in [1.807, 2.05) is 19.9 Å². The number of nitrogens with one attached hydrogen (secondary N) is 1. The van der Waals surface area contributed by atoms with Crippen LogP contribution in [0.1, 0.15) is 50.4 Å². The predicted molar refractivity (Wildman–Crippen MR) is 87.7 cm³/mol. The van der Waals surface area contributed by atoms with E-state index < -0.39 is 0 Å². The summed E-state index contributed by atoms with van der Waals surface area (Å²) in [5.41, 5.74) is 1.96. The van der Waals surface area contributed by atoms with Crippen molar-refractivity contribution in [3.63, 3.8) is 0 Å². The number of nitrogens with zero attached hydrogens (tertiary/aromatic N) is 2. The molecule has 118 valence electrons. The molecule has 1 aromatic heterocycles. The second-order valence-corrected chi connectivity index (χ2v) is 7.16. The van der Waals surface area contributed by atoms with E-state index in [1.54, 1.807) is 11.8 Å². The maximum Gasteiger partial charge on any atom is 0.187 e. The van der Waals surface area contributed by atoms with E-state index in [2.05, 4.69) is 22.2 Å². The summed E-state index contributed by atoms with van der Waals surface area (Å²) in [6, 6.07) is 2.63. The zero-order valence-electron chi connectivity index (χ0n) is 13.4. The Hall–Kier alpha value is -0.650. The maximum absolute atomic E-state index is 9.75. The minimum atomic E-state index is -0.0922. The van der Waals surface area contributed by atoms with Crippen LogP contribution in [0.25, 0.3) is 0 Å². The van der Waals surface area contributed by atoms with Gasteiger partial charge in [0.15, 0.2) is 5.16 Å². The Kier molecular flexibility index (Phi) is 6.02. The summed E-state index contributed by atoms with van der Waals surface area (Å²) < 4.78 is 0. The summed E-state index contributed by atoms with van der Waals surface area (Å²) in [6.45, 7) is 6.40. The summed E-state index contributed by atoms with van der Waals surface area (Å²) in [7, 11) is 0. The minimum Gasteiger partial charge on any atom is -0.394 e. The number of aryl methyl sites for hydroxylation is 2. The molecule has 0 saturated heterocycles. The Labute approximate surface area is 132 Å². The van der Waals surface area contributed by atoms with Crippen molar-refractivity contribution in [1.29, 1.82) is 0 Å². The third-order valence-corrected chi connectivity index (χ3v) is 4.99. The van der Waals surface area contributed by atoms with Crippen molar-refractivity contribution in [3.8, 4) is 0 Å². The smallest absolute Gasteiger partial charge is 0.187 e. The van der Waals surface area contributed by atoms with Crippen molar-refractivity contribution < 1.29 is 5.11 Å². The average molecular weight is 309 g/mol. The Morgan fingerprint density at radius 2 is 2.00 bits per heavy atom. The molecule has 0 aliphatic heterocycles. The van der Waals surface area contributed by atoms with Crippen LogP contribution in [0.4, 0.5) is 0 Å². The van der Waals surface area contributed by atoms with Crippen LogP contribution in [0, 0.1) is 13.8 Å². The molecule has 1 aliphatic carbocycles. The van der Waals surface area contributed by atoms with Gasteiger partial charge in [-0.25, -0.2) is 9.97 Å². The minimum absolute atomic E-state index is 0.0922. The van der Waals surface area contributed by atoms with Gasteiger partial charge in [0, 0.05) is 28.7 Å². The molecule has 2 N–H and O–H groups in total. The van der Waals surface area contributed by atoms with Gasteiger partial charge in [0.25, 0.3) is 0 Å². The largest absolute Gasteiger partial charge is 0.394 e. The molecule has 0 aromatic carbocycles. The lowest BCUT2D eigenvalue weighted by atomic mass is 9.91. The first-order valence-corrected chi connectivity index (χ1v) is 8.89. The molecule has 1 aliphatic rings. The molecule has 2 rings (SSSR count). The summed E-state index contributed by atoms with van der Waals surface area (Å²) in [4.78, 5) is 8.91. The zero-order valence-corrected chi connectivity index (χ0v) is 14.2. The molecular weight excluding hydrogens is 282 g/mol. The Bertz CT molecular complexity index is 439. The van der Waals surface area contributed by atoms with E-state index in [1.165, 1.54) is 12.8 Å². The Morgan fingerprint density at radius 3 is 2.52 bits per heavy atom. The fourth-order valence-corrected chi connectivity index (χ4v) is 3.47. The van der Waals surface area contributed by atoms with Crippen molar-refractivity contribution in [2.45, 2.75) is 69.6 Å². The van der Waals surface area contributed by atoms with E-state index in [0.29, 0.717) is 6.04 Å². The van der Waals surface area contributed by atoms with Crippen molar-refractivity contribution in [3.05, 3.63) is 17.5 Å². The van der Waals surface area contributed by atoms with Crippen molar-refractivity contribution >= 4 is 11.8 Å². The number of aliphatic hydroxyl groups is 1. The lowest BCUT2D eigenvalue weighted by molar-refractivity contribution is 0.144. The highest BCUT2D eigenvalue weighted by atomic mass is 32.2. The highest BCUT2D eigenvalue weighted by Crippen LogP contribution is 2.27. The monoisotopic (exact) mass is 309 g/mol. The molecule has 4 nitrogen and oxygen atoms in total. The molecule has 1 fully saturated rings. The standard InChI is InChI=1S/C16H27N3OS/c1-4-16(11-20,19-14-6-7-14)8-5-9-21-15-17-12(2)10-13(3)18-15/h10,14,19-20H,4-9,11H2,1-3H3. The van der Waals surface area contributed by atoms with Gasteiger partial charge in [-0.3, -0.25) is 0 Å². The van der Waals surface area contributed by atoms with Crippen molar-refractivity contribution in [2.24, 2.45) is 0 Å². The van der Waals surface area contributed by atoms with Gasteiger partial charge in [0.1, 0.15) is 0 Å². The SMILES string of the molecule is CCC(CO)(CCCSc1nc(C)cc(C)n1)NC1CC1. The molecule has 0 spiro atoms. The summed E-state index contributed by atoms with van der Waals surface area (Å²) in [5, 5.41) is 14.2. The fraction of sp³-hybridized carbons (Fsp3) is 0.750. The number of hydrogen-bond donors (Lipinski definition) is 2. The van der Waals surface area contributed by atoms with Crippen LogP contribution in [0.15, 0.2) is 11.2 Å². The van der Waals surface area contributed by atoms with Crippen LogP contribution in [-0.2, 0) is 0 Å². The molecule has 0 bridgehead atoms. The molecule has 0 amide bonds. The van der Waals surface area contributed by atoms with Gasteiger partial charge < -0.3 is 10.4 Å². The quantitative estimate of drug-likeness (QED) is 0.417. The van der Waals surface area contributed by atoms with Gasteiger partial charge >= 0.3 is 0 Å². The second kappa shape index (κ2) is 7.56. The van der Waals surface area contributed by atoms with Gasteiger partial charge in [-0.2, -0.15) is 0 Å². The van der Waals surface area contributed by atoms with Gasteiger partial charge in [-0.05, 0) is 52.0 Å². The van der Waals surface area contributed by atoms with Crippen molar-refractivity contribution in [2.75, 3.05) is 12.4 Å². The van der Waals surface area contributed by atoms with Crippen LogP contribution < -0.4 is 5.32 Å². The molecule has 1 aromatic rings. The Balaban J connectivity index is 1.79. The number of aromatic nitrogens is 2. The number of aliphatic hydroxyl groups excluding tert-OH is 1. The van der Waals surface area contributed by atoms with E-state index in [-0.39, 0.29) is 12.1 Å². The van der Waals surface area contributed by atoms with Crippen LogP contribution in [0.3, 0.4) is 0 Å². The van der Waals surface area contributed by atoms with Gasteiger partial charge in [-0.15, -0.1) is 0 Å². The topological polar surface area (TPSA) is 58.0 Å². The first kappa shape index (κ1) is 16.7. The van der Waals surface area contributed by atoms with Crippen LogP contribution >= 0.6 is 11.8 Å². The molecule has 1 heterocycles. The zero-order chi connectivity index (χ0) is 15.3. The van der Waals surface area contributed by atoms with Gasteiger partial charge in [0.05, 0.1) is 6.61 Å². The van der Waals surface area contributed by atoms with Crippen LogP contribution in [0.2, 0.25) is 0 Å². The third kappa shape index (κ3) is 5.24. The van der Waals surface area contributed by atoms with E-state index in [9.17, 15) is 5.11 Å². The molecular formula is C16H27N3OS. The van der Waals surface area contributed by atoms with E-state index >= 15 is 0 Å². The number of rotatable bonds is 9. The fourth-order valence-electron chi connectivity index (χ4n) is 2.58. The predicted octanol–water partition coefficient (Wildman–Crippen LogP) is 2.86. The molecule has 1 unspecified atom stereocenters. The first-order valence-electron chi connectivity index (χ1n) is 7.90. The van der Waals surface area contributed by atoms with Crippen molar-refractivity contribution in [1.82, 2.24) is 15.3 Å². The highest BCUT2D eigenvalue weighted by Gasteiger charge is 2.33. The molecule has 5 heteroatoms. The summed E-state index contributed by atoms with van der Waals surface area (Å²) in [6.07, 6.45) is 5.56. The van der Waals surface area contributed by atoms with Gasteiger partial charge in [0.2, 0.25) is 0 Å². The Morgan fingerprint density at radius 1 is 1.33 bits per heavy atom.